The molecule has 1 atom stereocenters. The van der Waals surface area contributed by atoms with Gasteiger partial charge in [0.25, 0.3) is 0 Å². The van der Waals surface area contributed by atoms with Crippen molar-refractivity contribution in [3.05, 3.63) is 51.2 Å². The van der Waals surface area contributed by atoms with Crippen molar-refractivity contribution in [3.63, 3.8) is 0 Å². The molecule has 0 radical (unpaired) electrons. The van der Waals surface area contributed by atoms with Gasteiger partial charge in [-0.15, -0.1) is 11.3 Å². The maximum Gasteiger partial charge on any atom is 0.118 e. The van der Waals surface area contributed by atoms with E-state index in [0.29, 0.717) is 6.04 Å². The lowest BCUT2D eigenvalue weighted by Gasteiger charge is -2.15. The molecule has 112 valence electrons. The molecule has 1 unspecified atom stereocenters. The Hall–Kier alpha value is -1.32. The van der Waals surface area contributed by atoms with Gasteiger partial charge >= 0.3 is 0 Å². The van der Waals surface area contributed by atoms with Crippen LogP contribution in [0.4, 0.5) is 0 Å². The monoisotopic (exact) mass is 301 g/mol. The van der Waals surface area contributed by atoms with Crippen LogP contribution in [0.2, 0.25) is 0 Å². The van der Waals surface area contributed by atoms with Crippen molar-refractivity contribution in [1.29, 1.82) is 0 Å². The summed E-state index contributed by atoms with van der Waals surface area (Å²) in [7, 11) is 3.77. The lowest BCUT2D eigenvalue weighted by atomic mass is 9.98. The van der Waals surface area contributed by atoms with Crippen molar-refractivity contribution in [2.75, 3.05) is 14.2 Å². The fraction of sp³-hybridized carbons (Fsp3) is 0.444. The van der Waals surface area contributed by atoms with Crippen molar-refractivity contribution in [2.45, 2.75) is 38.1 Å². The fourth-order valence-electron chi connectivity index (χ4n) is 3.03. The number of fused-ring (bicyclic) bond motifs is 1. The van der Waals surface area contributed by atoms with E-state index in [1.807, 2.05) is 23.5 Å². The molecule has 0 aliphatic heterocycles. The van der Waals surface area contributed by atoms with Crippen molar-refractivity contribution in [2.24, 2.45) is 0 Å². The first-order chi connectivity index (χ1) is 10.3. The molecule has 0 amide bonds. The zero-order valence-electron chi connectivity index (χ0n) is 12.8. The van der Waals surface area contributed by atoms with E-state index in [9.17, 15) is 0 Å². The minimum Gasteiger partial charge on any atom is -0.497 e. The second-order valence-electron chi connectivity index (χ2n) is 5.70. The van der Waals surface area contributed by atoms with Gasteiger partial charge < -0.3 is 10.1 Å². The maximum absolute atomic E-state index is 5.23. The largest absolute Gasteiger partial charge is 0.497 e. The maximum atomic E-state index is 5.23. The van der Waals surface area contributed by atoms with Gasteiger partial charge in [-0.25, -0.2) is 0 Å². The molecule has 1 aromatic carbocycles. The Labute approximate surface area is 131 Å². The van der Waals surface area contributed by atoms with E-state index >= 15 is 0 Å². The van der Waals surface area contributed by atoms with E-state index in [2.05, 4.69) is 30.6 Å². The van der Waals surface area contributed by atoms with Gasteiger partial charge in [-0.2, -0.15) is 0 Å². The Balaban J connectivity index is 1.76. The molecule has 2 nitrogen and oxygen atoms in total. The van der Waals surface area contributed by atoms with Gasteiger partial charge in [-0.05, 0) is 68.5 Å². The van der Waals surface area contributed by atoms with Gasteiger partial charge in [0.15, 0.2) is 0 Å². The third kappa shape index (κ3) is 3.30. The number of aryl methyl sites for hydroxylation is 2. The zero-order valence-corrected chi connectivity index (χ0v) is 13.6. The first-order valence-electron chi connectivity index (χ1n) is 7.72. The number of rotatable bonds is 5. The average Bonchev–Trinajstić information content (AvgIpc) is 2.97. The van der Waals surface area contributed by atoms with E-state index in [-0.39, 0.29) is 0 Å². The number of likely N-dealkylation sites (N-methyl/N-ethyl adjacent to an activating group) is 1. The van der Waals surface area contributed by atoms with Crippen LogP contribution in [0.25, 0.3) is 0 Å². The van der Waals surface area contributed by atoms with Gasteiger partial charge in [0.2, 0.25) is 0 Å². The summed E-state index contributed by atoms with van der Waals surface area (Å²) in [6.07, 6.45) is 6.28. The summed E-state index contributed by atoms with van der Waals surface area (Å²) in [5, 5.41) is 3.48. The quantitative estimate of drug-likeness (QED) is 0.896. The molecule has 0 saturated heterocycles. The Morgan fingerprint density at radius 2 is 1.95 bits per heavy atom. The SMILES string of the molecule is CNC(Cc1ccc(OC)cc1)c1cc2c(s1)CCCC2. The summed E-state index contributed by atoms with van der Waals surface area (Å²) < 4.78 is 5.23. The van der Waals surface area contributed by atoms with Crippen LogP contribution >= 0.6 is 11.3 Å². The van der Waals surface area contributed by atoms with E-state index in [1.165, 1.54) is 36.1 Å². The minimum absolute atomic E-state index is 0.411. The van der Waals surface area contributed by atoms with Gasteiger partial charge in [0, 0.05) is 15.8 Å². The molecule has 3 rings (SSSR count). The second kappa shape index (κ2) is 6.63. The lowest BCUT2D eigenvalue weighted by Crippen LogP contribution is -2.17. The van der Waals surface area contributed by atoms with Crippen molar-refractivity contribution >= 4 is 11.3 Å². The zero-order chi connectivity index (χ0) is 14.7. The Morgan fingerprint density at radius 3 is 2.62 bits per heavy atom. The van der Waals surface area contributed by atoms with E-state index < -0.39 is 0 Å². The van der Waals surface area contributed by atoms with Crippen LogP contribution in [0, 0.1) is 0 Å². The van der Waals surface area contributed by atoms with Crippen molar-refractivity contribution < 1.29 is 4.74 Å². The second-order valence-corrected chi connectivity index (χ2v) is 6.87. The van der Waals surface area contributed by atoms with E-state index in [4.69, 9.17) is 4.74 Å². The highest BCUT2D eigenvalue weighted by Gasteiger charge is 2.18. The molecule has 1 aliphatic rings. The third-order valence-corrected chi connectivity index (χ3v) is 5.66. The van der Waals surface area contributed by atoms with Crippen LogP contribution in [0.5, 0.6) is 5.75 Å². The molecule has 2 aromatic rings. The predicted octanol–water partition coefficient (Wildman–Crippen LogP) is 4.14. The van der Waals surface area contributed by atoms with Gasteiger partial charge in [0.05, 0.1) is 7.11 Å². The van der Waals surface area contributed by atoms with Crippen LogP contribution < -0.4 is 10.1 Å². The lowest BCUT2D eigenvalue weighted by molar-refractivity contribution is 0.414. The molecule has 0 saturated carbocycles. The van der Waals surface area contributed by atoms with E-state index in [0.717, 1.165) is 12.2 Å². The molecule has 0 fully saturated rings. The van der Waals surface area contributed by atoms with Crippen LogP contribution in [0.15, 0.2) is 30.3 Å². The van der Waals surface area contributed by atoms with Gasteiger partial charge in [-0.3, -0.25) is 0 Å². The molecule has 21 heavy (non-hydrogen) atoms. The van der Waals surface area contributed by atoms with Crippen LogP contribution in [-0.4, -0.2) is 14.2 Å². The number of benzene rings is 1. The summed E-state index contributed by atoms with van der Waals surface area (Å²) in [5.74, 6) is 0.923. The highest BCUT2D eigenvalue weighted by Crippen LogP contribution is 2.34. The Bertz CT molecular complexity index is 564. The fourth-order valence-corrected chi connectivity index (χ4v) is 4.40. The smallest absolute Gasteiger partial charge is 0.118 e. The summed E-state index contributed by atoms with van der Waals surface area (Å²) >= 11 is 2.01. The van der Waals surface area contributed by atoms with Gasteiger partial charge in [0.1, 0.15) is 5.75 Å². The minimum atomic E-state index is 0.411. The normalized spacial score (nSPS) is 15.5. The molecule has 0 bridgehead atoms. The Morgan fingerprint density at radius 1 is 1.19 bits per heavy atom. The average molecular weight is 301 g/mol. The number of nitrogens with one attached hydrogen (secondary N) is 1. The number of ether oxygens (including phenoxy) is 1. The summed E-state index contributed by atoms with van der Waals surface area (Å²) in [5.41, 5.74) is 2.94. The first-order valence-corrected chi connectivity index (χ1v) is 8.53. The first kappa shape index (κ1) is 14.6. The van der Waals surface area contributed by atoms with Crippen molar-refractivity contribution in [1.82, 2.24) is 5.32 Å². The highest BCUT2D eigenvalue weighted by atomic mass is 32.1. The molecule has 1 aromatic heterocycles. The molecule has 1 N–H and O–H groups in total. The standard InChI is InChI=1S/C18H23NOS/c1-19-16(11-13-7-9-15(20-2)10-8-13)18-12-14-5-3-4-6-17(14)21-18/h7-10,12,16,19H,3-6,11H2,1-2H3. The summed E-state index contributed by atoms with van der Waals surface area (Å²) in [6.45, 7) is 0. The molecule has 0 spiro atoms. The third-order valence-electron chi connectivity index (χ3n) is 4.31. The number of thiophene rings is 1. The topological polar surface area (TPSA) is 21.3 Å². The Kier molecular flexibility index (Phi) is 4.61. The molecule has 3 heteroatoms. The van der Waals surface area contributed by atoms with Crippen LogP contribution in [0.3, 0.4) is 0 Å². The summed E-state index contributed by atoms with van der Waals surface area (Å²) in [6, 6.07) is 11.3. The number of hydrogen-bond acceptors (Lipinski definition) is 3. The number of hydrogen-bond donors (Lipinski definition) is 1. The van der Waals surface area contributed by atoms with Gasteiger partial charge in [-0.1, -0.05) is 12.1 Å². The highest BCUT2D eigenvalue weighted by molar-refractivity contribution is 7.12. The van der Waals surface area contributed by atoms with Crippen LogP contribution in [0.1, 0.15) is 39.8 Å². The molecular formula is C18H23NOS. The summed E-state index contributed by atoms with van der Waals surface area (Å²) in [4.78, 5) is 3.10. The molecular weight excluding hydrogens is 278 g/mol. The van der Waals surface area contributed by atoms with Crippen LogP contribution in [-0.2, 0) is 19.3 Å². The predicted molar refractivity (Wildman–Crippen MR) is 89.5 cm³/mol. The molecule has 1 aliphatic carbocycles. The molecule has 1 heterocycles. The van der Waals surface area contributed by atoms with E-state index in [1.54, 1.807) is 17.6 Å². The number of methoxy groups -OCH3 is 1. The van der Waals surface area contributed by atoms with Crippen molar-refractivity contribution in [3.8, 4) is 5.75 Å².